The Balaban J connectivity index is 1.40. The Labute approximate surface area is 213 Å². The van der Waals surface area contributed by atoms with Crippen molar-refractivity contribution in [1.82, 2.24) is 14.4 Å². The third-order valence-corrected chi connectivity index (χ3v) is 7.06. The number of benzene rings is 2. The molecule has 0 amide bonds. The van der Waals surface area contributed by atoms with E-state index >= 15 is 0 Å². The molecule has 0 unspecified atom stereocenters. The second-order valence-corrected chi connectivity index (χ2v) is 9.37. The second kappa shape index (κ2) is 10.5. The molecule has 1 saturated carbocycles. The van der Waals surface area contributed by atoms with Crippen molar-refractivity contribution in [3.63, 3.8) is 0 Å². The minimum Gasteiger partial charge on any atom is -0.489 e. The lowest BCUT2D eigenvalue weighted by Gasteiger charge is -2.26. The molecule has 5 rings (SSSR count). The van der Waals surface area contributed by atoms with E-state index in [4.69, 9.17) is 20.2 Å². The van der Waals surface area contributed by atoms with E-state index in [2.05, 4.69) is 4.98 Å². The molecule has 2 aromatic heterocycles. The Morgan fingerprint density at radius 1 is 1.11 bits per heavy atom. The fraction of sp³-hybridized carbons (Fsp3) is 0.321. The normalized spacial score (nSPS) is 17.6. The van der Waals surface area contributed by atoms with Gasteiger partial charge in [0, 0.05) is 24.4 Å². The van der Waals surface area contributed by atoms with E-state index in [1.54, 1.807) is 24.4 Å². The van der Waals surface area contributed by atoms with Crippen LogP contribution in [0, 0.1) is 23.5 Å². The summed E-state index contributed by atoms with van der Waals surface area (Å²) in [5.74, 6) is 0.581. The number of hydrogen-bond acceptors (Lipinski definition) is 6. The van der Waals surface area contributed by atoms with E-state index in [1.807, 2.05) is 16.7 Å². The number of nitrogen functional groups attached to an aromatic ring is 1. The van der Waals surface area contributed by atoms with Gasteiger partial charge in [-0.2, -0.15) is 0 Å². The quantitative estimate of drug-likeness (QED) is 0.340. The van der Waals surface area contributed by atoms with Crippen LogP contribution in [-0.2, 0) is 22.6 Å². The topological polar surface area (TPSA) is 91.7 Å². The number of esters is 1. The average Bonchev–Trinajstić information content (AvgIpc) is 3.28. The van der Waals surface area contributed by atoms with Gasteiger partial charge in [-0.25, -0.2) is 18.7 Å². The number of fused-ring (bicyclic) bond motifs is 1. The van der Waals surface area contributed by atoms with Gasteiger partial charge in [-0.05, 0) is 55.9 Å². The van der Waals surface area contributed by atoms with E-state index < -0.39 is 11.6 Å². The number of carbonyl (C=O) groups excluding carboxylic acids is 1. The Bertz CT molecular complexity index is 1410. The molecule has 2 N–H and O–H groups in total. The van der Waals surface area contributed by atoms with Crippen LogP contribution in [0.15, 0.2) is 54.9 Å². The summed E-state index contributed by atoms with van der Waals surface area (Å²) in [6, 6.07) is 10.9. The van der Waals surface area contributed by atoms with Crippen molar-refractivity contribution in [2.75, 3.05) is 12.8 Å². The average molecular weight is 507 g/mol. The molecule has 0 bridgehead atoms. The lowest BCUT2D eigenvalue weighted by atomic mass is 9.80. The van der Waals surface area contributed by atoms with Gasteiger partial charge in [-0.15, -0.1) is 0 Å². The number of aromatic nitrogens is 3. The number of anilines is 1. The summed E-state index contributed by atoms with van der Waals surface area (Å²) in [6.45, 7) is -0.241. The first-order chi connectivity index (χ1) is 17.9. The van der Waals surface area contributed by atoms with Crippen molar-refractivity contribution in [2.24, 2.45) is 11.8 Å². The highest BCUT2D eigenvalue weighted by Crippen LogP contribution is 2.35. The number of methoxy groups -OCH3 is 1. The van der Waals surface area contributed by atoms with Crippen molar-refractivity contribution in [2.45, 2.75) is 38.7 Å². The summed E-state index contributed by atoms with van der Waals surface area (Å²) in [4.78, 5) is 21.1. The summed E-state index contributed by atoms with van der Waals surface area (Å²) in [5.41, 5.74) is 8.25. The lowest BCUT2D eigenvalue weighted by molar-refractivity contribution is -0.146. The molecule has 0 aliphatic heterocycles. The molecule has 1 aliphatic rings. The second-order valence-electron chi connectivity index (χ2n) is 9.37. The van der Waals surface area contributed by atoms with Gasteiger partial charge in [-0.3, -0.25) is 9.20 Å². The SMILES string of the molecule is COC(=O)C1CCC(Cc2nc(-c3cccc(OCc4c(F)cccc4F)c3)c3c(N)nccn23)CC1. The van der Waals surface area contributed by atoms with Crippen LogP contribution in [-0.4, -0.2) is 27.4 Å². The van der Waals surface area contributed by atoms with Gasteiger partial charge in [0.05, 0.1) is 18.6 Å². The van der Waals surface area contributed by atoms with Crippen LogP contribution in [0.25, 0.3) is 16.8 Å². The first-order valence-corrected chi connectivity index (χ1v) is 12.3. The molecule has 1 fully saturated rings. The number of rotatable bonds is 7. The van der Waals surface area contributed by atoms with Crippen LogP contribution in [0.1, 0.15) is 37.1 Å². The third kappa shape index (κ3) is 5.12. The van der Waals surface area contributed by atoms with Gasteiger partial charge < -0.3 is 15.2 Å². The Morgan fingerprint density at radius 2 is 1.84 bits per heavy atom. The number of hydrogen-bond donors (Lipinski definition) is 1. The van der Waals surface area contributed by atoms with E-state index in [0.717, 1.165) is 43.5 Å². The number of carbonyl (C=O) groups is 1. The summed E-state index contributed by atoms with van der Waals surface area (Å²) in [5, 5.41) is 0. The highest BCUT2D eigenvalue weighted by Gasteiger charge is 2.28. The summed E-state index contributed by atoms with van der Waals surface area (Å²) in [6.07, 6.45) is 7.67. The maximum absolute atomic E-state index is 14.0. The number of imidazole rings is 1. The van der Waals surface area contributed by atoms with Gasteiger partial charge in [0.2, 0.25) is 0 Å². The fourth-order valence-electron chi connectivity index (χ4n) is 5.06. The van der Waals surface area contributed by atoms with Crippen LogP contribution in [0.2, 0.25) is 0 Å². The lowest BCUT2D eigenvalue weighted by Crippen LogP contribution is -2.24. The molecule has 0 saturated heterocycles. The zero-order valence-electron chi connectivity index (χ0n) is 20.5. The number of halogens is 2. The number of ether oxygens (including phenoxy) is 2. The van der Waals surface area contributed by atoms with E-state index in [1.165, 1.54) is 25.3 Å². The summed E-state index contributed by atoms with van der Waals surface area (Å²) in [7, 11) is 1.43. The van der Waals surface area contributed by atoms with Gasteiger partial charge in [0.25, 0.3) is 0 Å². The molecule has 2 aromatic carbocycles. The third-order valence-electron chi connectivity index (χ3n) is 7.06. The van der Waals surface area contributed by atoms with Crippen molar-refractivity contribution < 1.29 is 23.0 Å². The van der Waals surface area contributed by atoms with Gasteiger partial charge in [0.1, 0.15) is 46.8 Å². The van der Waals surface area contributed by atoms with E-state index in [9.17, 15) is 13.6 Å². The molecule has 37 heavy (non-hydrogen) atoms. The Morgan fingerprint density at radius 3 is 2.57 bits per heavy atom. The first kappa shape index (κ1) is 24.7. The molecule has 0 radical (unpaired) electrons. The van der Waals surface area contributed by atoms with Crippen molar-refractivity contribution in [1.29, 1.82) is 0 Å². The molecule has 9 heteroatoms. The van der Waals surface area contributed by atoms with Crippen LogP contribution < -0.4 is 10.5 Å². The van der Waals surface area contributed by atoms with Gasteiger partial charge in [0.15, 0.2) is 0 Å². The van der Waals surface area contributed by atoms with E-state index in [-0.39, 0.29) is 24.1 Å². The zero-order chi connectivity index (χ0) is 25.9. The molecular weight excluding hydrogens is 478 g/mol. The molecular formula is C28H28F2N4O3. The minimum absolute atomic E-state index is 0.0331. The predicted octanol–water partition coefficient (Wildman–Crippen LogP) is 5.36. The minimum atomic E-state index is -0.652. The van der Waals surface area contributed by atoms with Gasteiger partial charge in [-0.1, -0.05) is 18.2 Å². The largest absolute Gasteiger partial charge is 0.489 e. The summed E-state index contributed by atoms with van der Waals surface area (Å²) < 4.78 is 40.6. The van der Waals surface area contributed by atoms with Crippen molar-refractivity contribution >= 4 is 17.3 Å². The number of nitrogens with zero attached hydrogens (tertiary/aromatic N) is 3. The standard InChI is InChI=1S/C28H28F2N4O3/c1-36-28(35)18-10-8-17(9-11-18)14-24-33-25(26-27(31)32-12-13-34(24)26)19-4-2-5-20(15-19)37-16-21-22(29)6-3-7-23(21)30/h2-7,12-13,15,17-18H,8-11,14,16H2,1H3,(H2,31,32). The van der Waals surface area contributed by atoms with E-state index in [0.29, 0.717) is 28.7 Å². The molecule has 2 heterocycles. The number of nitrogens with two attached hydrogens (primary N) is 1. The monoisotopic (exact) mass is 506 g/mol. The predicted molar refractivity (Wildman–Crippen MR) is 135 cm³/mol. The van der Waals surface area contributed by atoms with Gasteiger partial charge >= 0.3 is 5.97 Å². The molecule has 4 aromatic rings. The van der Waals surface area contributed by atoms with Crippen LogP contribution >= 0.6 is 0 Å². The highest BCUT2D eigenvalue weighted by atomic mass is 19.1. The van der Waals surface area contributed by atoms with Crippen molar-refractivity contribution in [3.8, 4) is 17.0 Å². The van der Waals surface area contributed by atoms with Crippen molar-refractivity contribution in [3.05, 3.63) is 77.9 Å². The molecule has 1 aliphatic carbocycles. The zero-order valence-corrected chi connectivity index (χ0v) is 20.5. The maximum atomic E-state index is 14.0. The smallest absolute Gasteiger partial charge is 0.308 e. The Hall–Kier alpha value is -4.01. The van der Waals surface area contributed by atoms with Crippen LogP contribution in [0.5, 0.6) is 5.75 Å². The maximum Gasteiger partial charge on any atom is 0.308 e. The molecule has 0 spiro atoms. The molecule has 0 atom stereocenters. The first-order valence-electron chi connectivity index (χ1n) is 12.3. The Kier molecular flexibility index (Phi) is 7.03. The van der Waals surface area contributed by atoms with Crippen LogP contribution in [0.3, 0.4) is 0 Å². The fourth-order valence-corrected chi connectivity index (χ4v) is 5.06. The summed E-state index contributed by atoms with van der Waals surface area (Å²) >= 11 is 0. The van der Waals surface area contributed by atoms with Crippen LogP contribution in [0.4, 0.5) is 14.6 Å². The molecule has 7 nitrogen and oxygen atoms in total. The molecule has 192 valence electrons. The highest BCUT2D eigenvalue weighted by molar-refractivity contribution is 5.85.